The molecule has 0 aliphatic heterocycles. The fourth-order valence-corrected chi connectivity index (χ4v) is 4.13. The van der Waals surface area contributed by atoms with Gasteiger partial charge in [0.1, 0.15) is 0 Å². The van der Waals surface area contributed by atoms with Crippen LogP contribution in [0, 0.1) is 0 Å². The Balaban J connectivity index is 2.03. The maximum Gasteiger partial charge on any atom is 0.253 e. The van der Waals surface area contributed by atoms with E-state index in [2.05, 4.69) is 10.0 Å². The van der Waals surface area contributed by atoms with Gasteiger partial charge < -0.3 is 10.2 Å². The Hall–Kier alpha value is -2.42. The van der Waals surface area contributed by atoms with Gasteiger partial charge in [-0.15, -0.1) is 0 Å². The number of carbonyl (C=O) groups is 2. The molecular formula is C20H24ClN3O4S. The lowest BCUT2D eigenvalue weighted by atomic mass is 10.1. The number of nitrogens with one attached hydrogen (secondary N) is 2. The highest BCUT2D eigenvalue weighted by molar-refractivity contribution is 7.89. The second-order valence-electron chi connectivity index (χ2n) is 6.34. The highest BCUT2D eigenvalue weighted by atomic mass is 35.5. The van der Waals surface area contributed by atoms with E-state index in [1.807, 2.05) is 13.8 Å². The third-order valence-corrected chi connectivity index (χ3v) is 6.06. The first-order valence-electron chi connectivity index (χ1n) is 9.16. The summed E-state index contributed by atoms with van der Waals surface area (Å²) >= 11 is 5.83. The van der Waals surface area contributed by atoms with Gasteiger partial charge in [0, 0.05) is 29.4 Å². The molecule has 2 rings (SSSR count). The molecule has 2 N–H and O–H groups in total. The van der Waals surface area contributed by atoms with E-state index in [0.717, 1.165) is 0 Å². The Kier molecular flexibility index (Phi) is 7.78. The summed E-state index contributed by atoms with van der Waals surface area (Å²) in [6.07, 6.45) is 0. The van der Waals surface area contributed by atoms with E-state index in [4.69, 9.17) is 11.6 Å². The van der Waals surface area contributed by atoms with E-state index in [1.54, 1.807) is 35.2 Å². The van der Waals surface area contributed by atoms with E-state index < -0.39 is 22.0 Å². The van der Waals surface area contributed by atoms with Crippen molar-refractivity contribution < 1.29 is 18.0 Å². The zero-order valence-corrected chi connectivity index (χ0v) is 18.0. The van der Waals surface area contributed by atoms with Gasteiger partial charge in [0.2, 0.25) is 15.9 Å². The normalized spacial score (nSPS) is 12.3. The second kappa shape index (κ2) is 9.87. The molecule has 0 saturated carbocycles. The highest BCUT2D eigenvalue weighted by Gasteiger charge is 2.22. The van der Waals surface area contributed by atoms with E-state index in [1.165, 1.54) is 25.1 Å². The quantitative estimate of drug-likeness (QED) is 0.663. The van der Waals surface area contributed by atoms with E-state index in [0.29, 0.717) is 24.3 Å². The van der Waals surface area contributed by atoms with Crippen molar-refractivity contribution in [1.29, 1.82) is 0 Å². The van der Waals surface area contributed by atoms with Gasteiger partial charge in [0.15, 0.2) is 0 Å². The summed E-state index contributed by atoms with van der Waals surface area (Å²) in [7, 11) is -3.90. The van der Waals surface area contributed by atoms with Crippen molar-refractivity contribution in [3.8, 4) is 0 Å². The molecule has 9 heteroatoms. The molecule has 0 saturated heterocycles. The molecule has 0 aromatic heterocycles. The molecule has 0 aliphatic rings. The molecule has 0 heterocycles. The van der Waals surface area contributed by atoms with Gasteiger partial charge in [-0.3, -0.25) is 9.59 Å². The van der Waals surface area contributed by atoms with Crippen molar-refractivity contribution in [1.82, 2.24) is 9.62 Å². The van der Waals surface area contributed by atoms with Gasteiger partial charge in [0.05, 0.1) is 10.9 Å². The molecule has 156 valence electrons. The first-order chi connectivity index (χ1) is 13.7. The fourth-order valence-electron chi connectivity index (χ4n) is 2.63. The minimum absolute atomic E-state index is 0.0242. The Bertz CT molecular complexity index is 973. The molecular weight excluding hydrogens is 414 g/mol. The van der Waals surface area contributed by atoms with Crippen molar-refractivity contribution in [2.45, 2.75) is 31.7 Å². The number of sulfonamides is 1. The summed E-state index contributed by atoms with van der Waals surface area (Å²) < 4.78 is 27.1. The molecule has 1 atom stereocenters. The van der Waals surface area contributed by atoms with Crippen LogP contribution in [0.3, 0.4) is 0 Å². The summed E-state index contributed by atoms with van der Waals surface area (Å²) in [6.45, 7) is 6.47. The maximum absolute atomic E-state index is 12.4. The third-order valence-electron chi connectivity index (χ3n) is 4.28. The van der Waals surface area contributed by atoms with E-state index >= 15 is 0 Å². The lowest BCUT2D eigenvalue weighted by Crippen LogP contribution is -2.41. The Morgan fingerprint density at radius 1 is 1.07 bits per heavy atom. The highest BCUT2D eigenvalue weighted by Crippen LogP contribution is 2.16. The van der Waals surface area contributed by atoms with Crippen LogP contribution in [0.15, 0.2) is 53.4 Å². The number of benzene rings is 2. The topological polar surface area (TPSA) is 95.6 Å². The predicted molar refractivity (Wildman–Crippen MR) is 114 cm³/mol. The molecule has 0 radical (unpaired) electrons. The van der Waals surface area contributed by atoms with Gasteiger partial charge in [-0.1, -0.05) is 17.7 Å². The number of halogens is 1. The summed E-state index contributed by atoms with van der Waals surface area (Å²) in [5.41, 5.74) is 0.973. The number of carbonyl (C=O) groups excluding carboxylic acids is 2. The molecule has 0 bridgehead atoms. The van der Waals surface area contributed by atoms with Crippen molar-refractivity contribution >= 4 is 39.1 Å². The van der Waals surface area contributed by atoms with Crippen LogP contribution in [0.1, 0.15) is 31.1 Å². The van der Waals surface area contributed by atoms with Gasteiger partial charge in [0.25, 0.3) is 5.91 Å². The van der Waals surface area contributed by atoms with E-state index in [9.17, 15) is 18.0 Å². The van der Waals surface area contributed by atoms with Crippen LogP contribution >= 0.6 is 11.6 Å². The number of nitrogens with zero attached hydrogens (tertiary/aromatic N) is 1. The van der Waals surface area contributed by atoms with Crippen LogP contribution in [0.5, 0.6) is 0 Å². The van der Waals surface area contributed by atoms with Crippen LogP contribution in [0.25, 0.3) is 0 Å². The van der Waals surface area contributed by atoms with E-state index in [-0.39, 0.29) is 15.8 Å². The van der Waals surface area contributed by atoms with Crippen LogP contribution in [0.2, 0.25) is 5.02 Å². The number of rotatable bonds is 8. The zero-order chi connectivity index (χ0) is 21.6. The van der Waals surface area contributed by atoms with Crippen molar-refractivity contribution in [2.75, 3.05) is 18.4 Å². The molecule has 0 aliphatic carbocycles. The first-order valence-corrected chi connectivity index (χ1v) is 11.0. The van der Waals surface area contributed by atoms with Crippen molar-refractivity contribution in [2.24, 2.45) is 0 Å². The van der Waals surface area contributed by atoms with Gasteiger partial charge in [-0.05, 0) is 63.2 Å². The van der Waals surface area contributed by atoms with Gasteiger partial charge >= 0.3 is 0 Å². The predicted octanol–water partition coefficient (Wildman–Crippen LogP) is 3.13. The number of hydrogen-bond donors (Lipinski definition) is 2. The molecule has 1 unspecified atom stereocenters. The Morgan fingerprint density at radius 3 is 2.24 bits per heavy atom. The average molecular weight is 438 g/mol. The molecule has 0 fully saturated rings. The lowest BCUT2D eigenvalue weighted by Gasteiger charge is -2.19. The second-order valence-corrected chi connectivity index (χ2v) is 8.49. The van der Waals surface area contributed by atoms with Crippen LogP contribution in [0.4, 0.5) is 5.69 Å². The van der Waals surface area contributed by atoms with Gasteiger partial charge in [-0.2, -0.15) is 4.72 Å². The lowest BCUT2D eigenvalue weighted by molar-refractivity contribution is -0.117. The molecule has 7 nitrogen and oxygen atoms in total. The number of hydrogen-bond acceptors (Lipinski definition) is 4. The largest absolute Gasteiger partial charge is 0.339 e. The smallest absolute Gasteiger partial charge is 0.253 e. The Labute approximate surface area is 176 Å². The summed E-state index contributed by atoms with van der Waals surface area (Å²) in [4.78, 5) is 26.4. The fraction of sp³-hybridized carbons (Fsp3) is 0.300. The van der Waals surface area contributed by atoms with Crippen molar-refractivity contribution in [3.05, 3.63) is 59.1 Å². The SMILES string of the molecule is CCN(CC)C(=O)c1ccc(NC(=O)C(C)NS(=O)(=O)c2cccc(Cl)c2)cc1. The minimum Gasteiger partial charge on any atom is -0.339 e. The summed E-state index contributed by atoms with van der Waals surface area (Å²) in [5.74, 6) is -0.617. The van der Waals surface area contributed by atoms with Gasteiger partial charge in [-0.25, -0.2) is 8.42 Å². The standard InChI is InChI=1S/C20H24ClN3O4S/c1-4-24(5-2)20(26)15-9-11-17(12-10-15)22-19(25)14(3)23-29(27,28)18-8-6-7-16(21)13-18/h6-14,23H,4-5H2,1-3H3,(H,22,25). The summed E-state index contributed by atoms with van der Waals surface area (Å²) in [5, 5.41) is 2.92. The Morgan fingerprint density at radius 2 is 1.69 bits per heavy atom. The molecule has 2 aromatic carbocycles. The number of amides is 2. The number of anilines is 1. The monoisotopic (exact) mass is 437 g/mol. The first kappa shape index (κ1) is 22.9. The average Bonchev–Trinajstić information content (AvgIpc) is 2.69. The van der Waals surface area contributed by atoms with Crippen LogP contribution < -0.4 is 10.0 Å². The zero-order valence-electron chi connectivity index (χ0n) is 16.5. The minimum atomic E-state index is -3.90. The molecule has 2 aromatic rings. The maximum atomic E-state index is 12.4. The summed E-state index contributed by atoms with van der Waals surface area (Å²) in [6, 6.07) is 11.2. The van der Waals surface area contributed by atoms with Crippen LogP contribution in [-0.2, 0) is 14.8 Å². The molecule has 0 spiro atoms. The third kappa shape index (κ3) is 6.03. The molecule has 2 amide bonds. The molecule has 29 heavy (non-hydrogen) atoms. The van der Waals surface area contributed by atoms with Crippen LogP contribution in [-0.4, -0.2) is 44.3 Å². The van der Waals surface area contributed by atoms with Crippen molar-refractivity contribution in [3.63, 3.8) is 0 Å².